The summed E-state index contributed by atoms with van der Waals surface area (Å²) in [5, 5.41) is 16.2. The molecule has 0 aromatic heterocycles. The first-order chi connectivity index (χ1) is 12.0. The SMILES string of the molecule is COCc1cccc(CNC(=O)CNc2ccc(F)c([N+](=O)[O-])c2)c1. The van der Waals surface area contributed by atoms with Crippen LogP contribution < -0.4 is 10.6 Å². The molecule has 0 radical (unpaired) electrons. The third kappa shape index (κ3) is 5.54. The van der Waals surface area contributed by atoms with E-state index in [9.17, 15) is 19.3 Å². The summed E-state index contributed by atoms with van der Waals surface area (Å²) in [5.74, 6) is -1.21. The minimum Gasteiger partial charge on any atom is -0.380 e. The molecule has 25 heavy (non-hydrogen) atoms. The van der Waals surface area contributed by atoms with E-state index in [2.05, 4.69) is 10.6 Å². The summed E-state index contributed by atoms with van der Waals surface area (Å²) in [6.45, 7) is 0.759. The lowest BCUT2D eigenvalue weighted by molar-refractivity contribution is -0.387. The van der Waals surface area contributed by atoms with Crippen LogP contribution >= 0.6 is 0 Å². The van der Waals surface area contributed by atoms with E-state index >= 15 is 0 Å². The molecule has 0 saturated heterocycles. The molecule has 0 fully saturated rings. The van der Waals surface area contributed by atoms with Crippen LogP contribution in [0.1, 0.15) is 11.1 Å². The fraction of sp³-hybridized carbons (Fsp3) is 0.235. The minimum atomic E-state index is -0.920. The molecule has 2 N–H and O–H groups in total. The molecule has 0 aliphatic carbocycles. The number of nitro groups is 1. The first-order valence-electron chi connectivity index (χ1n) is 7.51. The van der Waals surface area contributed by atoms with E-state index in [1.54, 1.807) is 7.11 Å². The van der Waals surface area contributed by atoms with Crippen LogP contribution in [-0.2, 0) is 22.7 Å². The Labute approximate surface area is 144 Å². The van der Waals surface area contributed by atoms with E-state index in [-0.39, 0.29) is 12.5 Å². The van der Waals surface area contributed by atoms with E-state index in [1.807, 2.05) is 24.3 Å². The Morgan fingerprint density at radius 1 is 1.24 bits per heavy atom. The Balaban J connectivity index is 1.86. The van der Waals surface area contributed by atoms with Crippen LogP contribution in [0.5, 0.6) is 0 Å². The van der Waals surface area contributed by atoms with Crippen molar-refractivity contribution in [3.63, 3.8) is 0 Å². The van der Waals surface area contributed by atoms with Crippen molar-refractivity contribution in [1.82, 2.24) is 5.32 Å². The molecule has 0 saturated carbocycles. The van der Waals surface area contributed by atoms with Crippen molar-refractivity contribution in [3.05, 3.63) is 69.5 Å². The minimum absolute atomic E-state index is 0.0828. The van der Waals surface area contributed by atoms with Crippen LogP contribution in [-0.4, -0.2) is 24.5 Å². The topological polar surface area (TPSA) is 93.5 Å². The number of rotatable bonds is 8. The second-order valence-electron chi connectivity index (χ2n) is 5.31. The molecule has 7 nitrogen and oxygen atoms in total. The van der Waals surface area contributed by atoms with Crippen molar-refractivity contribution in [1.29, 1.82) is 0 Å². The predicted octanol–water partition coefficient (Wildman–Crippen LogP) is 2.61. The average molecular weight is 347 g/mol. The number of halogens is 1. The normalized spacial score (nSPS) is 10.3. The zero-order valence-corrected chi connectivity index (χ0v) is 13.6. The van der Waals surface area contributed by atoms with Crippen molar-refractivity contribution < 1.29 is 18.8 Å². The summed E-state index contributed by atoms with van der Waals surface area (Å²) < 4.78 is 18.3. The number of benzene rings is 2. The standard InChI is InChI=1S/C17H18FN3O4/c1-25-11-13-4-2-3-12(7-13)9-20-17(22)10-19-14-5-6-15(18)16(8-14)21(23)24/h2-8,19H,9-11H2,1H3,(H,20,22). The number of nitrogens with one attached hydrogen (secondary N) is 2. The van der Waals surface area contributed by atoms with Gasteiger partial charge in [-0.1, -0.05) is 24.3 Å². The number of carbonyl (C=O) groups excluding carboxylic acids is 1. The lowest BCUT2D eigenvalue weighted by atomic mass is 10.1. The third-order valence-corrected chi connectivity index (χ3v) is 3.39. The van der Waals surface area contributed by atoms with Crippen molar-refractivity contribution in [2.75, 3.05) is 19.0 Å². The van der Waals surface area contributed by atoms with E-state index in [0.29, 0.717) is 18.8 Å². The summed E-state index contributed by atoms with van der Waals surface area (Å²) in [4.78, 5) is 21.8. The van der Waals surface area contributed by atoms with Crippen molar-refractivity contribution in [2.45, 2.75) is 13.2 Å². The van der Waals surface area contributed by atoms with Gasteiger partial charge < -0.3 is 15.4 Å². The molecule has 132 valence electrons. The third-order valence-electron chi connectivity index (χ3n) is 3.39. The van der Waals surface area contributed by atoms with Crippen LogP contribution in [0.4, 0.5) is 15.8 Å². The van der Waals surface area contributed by atoms with Gasteiger partial charge in [-0.15, -0.1) is 0 Å². The predicted molar refractivity (Wildman–Crippen MR) is 90.5 cm³/mol. The first kappa shape index (κ1) is 18.3. The molecule has 0 heterocycles. The lowest BCUT2D eigenvalue weighted by Gasteiger charge is -2.09. The van der Waals surface area contributed by atoms with E-state index in [4.69, 9.17) is 4.74 Å². The highest BCUT2D eigenvalue weighted by molar-refractivity contribution is 5.80. The molecule has 0 bridgehead atoms. The Hall–Kier alpha value is -3.00. The molecular formula is C17H18FN3O4. The number of hydrogen-bond acceptors (Lipinski definition) is 5. The molecule has 0 aliphatic heterocycles. The van der Waals surface area contributed by atoms with Gasteiger partial charge in [0.25, 0.3) is 0 Å². The number of hydrogen-bond donors (Lipinski definition) is 2. The quantitative estimate of drug-likeness (QED) is 0.565. The first-order valence-corrected chi connectivity index (χ1v) is 7.51. The van der Waals surface area contributed by atoms with E-state index in [0.717, 1.165) is 23.3 Å². The fourth-order valence-corrected chi connectivity index (χ4v) is 2.20. The summed E-state index contributed by atoms with van der Waals surface area (Å²) >= 11 is 0. The van der Waals surface area contributed by atoms with Gasteiger partial charge in [-0.25, -0.2) is 0 Å². The number of nitrogens with zero attached hydrogens (tertiary/aromatic N) is 1. The Kier molecular flexibility index (Phi) is 6.41. The monoisotopic (exact) mass is 347 g/mol. The van der Waals surface area contributed by atoms with E-state index < -0.39 is 16.4 Å². The summed E-state index contributed by atoms with van der Waals surface area (Å²) in [7, 11) is 1.61. The van der Waals surface area contributed by atoms with Gasteiger partial charge in [0.05, 0.1) is 18.1 Å². The summed E-state index contributed by atoms with van der Waals surface area (Å²) in [6.07, 6.45) is 0. The number of amides is 1. The lowest BCUT2D eigenvalue weighted by Crippen LogP contribution is -2.29. The number of nitro benzene ring substituents is 1. The smallest absolute Gasteiger partial charge is 0.306 e. The van der Waals surface area contributed by atoms with Crippen molar-refractivity contribution >= 4 is 17.3 Å². The van der Waals surface area contributed by atoms with Gasteiger partial charge in [-0.3, -0.25) is 14.9 Å². The largest absolute Gasteiger partial charge is 0.380 e. The van der Waals surface area contributed by atoms with Crippen LogP contribution in [0, 0.1) is 15.9 Å². The maximum absolute atomic E-state index is 13.3. The van der Waals surface area contributed by atoms with Gasteiger partial charge >= 0.3 is 5.69 Å². The molecular weight excluding hydrogens is 329 g/mol. The maximum Gasteiger partial charge on any atom is 0.306 e. The van der Waals surface area contributed by atoms with Crippen molar-refractivity contribution in [2.24, 2.45) is 0 Å². The van der Waals surface area contributed by atoms with Gasteiger partial charge in [0.1, 0.15) is 0 Å². The Bertz CT molecular complexity index is 767. The van der Waals surface area contributed by atoms with Gasteiger partial charge in [0, 0.05) is 25.4 Å². The highest BCUT2D eigenvalue weighted by atomic mass is 19.1. The van der Waals surface area contributed by atoms with Crippen LogP contribution in [0.2, 0.25) is 0 Å². The molecule has 2 rings (SSSR count). The second kappa shape index (κ2) is 8.74. The summed E-state index contributed by atoms with van der Waals surface area (Å²) in [5.41, 5.74) is 1.59. The van der Waals surface area contributed by atoms with E-state index in [1.165, 1.54) is 6.07 Å². The van der Waals surface area contributed by atoms with Gasteiger partial charge in [0.15, 0.2) is 0 Å². The van der Waals surface area contributed by atoms with Gasteiger partial charge in [-0.2, -0.15) is 4.39 Å². The highest BCUT2D eigenvalue weighted by Gasteiger charge is 2.14. The Morgan fingerprint density at radius 3 is 2.72 bits per heavy atom. The zero-order chi connectivity index (χ0) is 18.2. The molecule has 0 unspecified atom stereocenters. The van der Waals surface area contributed by atoms with Crippen LogP contribution in [0.15, 0.2) is 42.5 Å². The Morgan fingerprint density at radius 2 is 2.00 bits per heavy atom. The highest BCUT2D eigenvalue weighted by Crippen LogP contribution is 2.21. The van der Waals surface area contributed by atoms with Gasteiger partial charge in [0.2, 0.25) is 11.7 Å². The molecule has 1 amide bonds. The molecule has 8 heteroatoms. The van der Waals surface area contributed by atoms with Crippen LogP contribution in [0.3, 0.4) is 0 Å². The fourth-order valence-electron chi connectivity index (χ4n) is 2.20. The van der Waals surface area contributed by atoms with Gasteiger partial charge in [-0.05, 0) is 23.3 Å². The molecule has 0 spiro atoms. The molecule has 2 aromatic carbocycles. The zero-order valence-electron chi connectivity index (χ0n) is 13.6. The average Bonchev–Trinajstić information content (AvgIpc) is 2.59. The number of carbonyl (C=O) groups is 1. The molecule has 0 atom stereocenters. The molecule has 2 aromatic rings. The number of methoxy groups -OCH3 is 1. The maximum atomic E-state index is 13.3. The van der Waals surface area contributed by atoms with Crippen LogP contribution in [0.25, 0.3) is 0 Å². The number of anilines is 1. The number of ether oxygens (including phenoxy) is 1. The second-order valence-corrected chi connectivity index (χ2v) is 5.31. The summed E-state index contributed by atoms with van der Waals surface area (Å²) in [6, 6.07) is 11.0. The molecule has 0 aliphatic rings. The van der Waals surface area contributed by atoms with Crippen molar-refractivity contribution in [3.8, 4) is 0 Å².